The summed E-state index contributed by atoms with van der Waals surface area (Å²) in [7, 11) is 0. The van der Waals surface area contributed by atoms with Crippen molar-refractivity contribution in [2.75, 3.05) is 0 Å². The lowest BCUT2D eigenvalue weighted by Crippen LogP contribution is -2.43. The van der Waals surface area contributed by atoms with E-state index in [2.05, 4.69) is 12.1 Å². The molecule has 1 aromatic rings. The predicted octanol–water partition coefficient (Wildman–Crippen LogP) is 3.65. The number of aliphatic hydroxyl groups is 1. The van der Waals surface area contributed by atoms with Gasteiger partial charge in [-0.25, -0.2) is 4.79 Å². The van der Waals surface area contributed by atoms with Crippen LogP contribution < -0.4 is 0 Å². The summed E-state index contributed by atoms with van der Waals surface area (Å²) < 4.78 is 5.64. The van der Waals surface area contributed by atoms with Crippen LogP contribution in [0.1, 0.15) is 50.5 Å². The molecule has 0 saturated heterocycles. The Kier molecular flexibility index (Phi) is 4.51. The molecule has 0 unspecified atom stereocenters. The van der Waals surface area contributed by atoms with Crippen molar-refractivity contribution in [1.29, 1.82) is 0 Å². The summed E-state index contributed by atoms with van der Waals surface area (Å²) in [6.07, 6.45) is 4.46. The van der Waals surface area contributed by atoms with E-state index in [1.165, 1.54) is 5.56 Å². The first-order chi connectivity index (χ1) is 11.1. The molecular weight excluding hydrogens is 292 g/mol. The van der Waals surface area contributed by atoms with E-state index in [1.54, 1.807) is 0 Å². The highest BCUT2D eigenvalue weighted by Crippen LogP contribution is 2.40. The second-order valence-corrected chi connectivity index (χ2v) is 6.55. The van der Waals surface area contributed by atoms with Crippen LogP contribution in [0.3, 0.4) is 0 Å². The Balaban J connectivity index is 1.61. The number of rotatable bonds is 4. The molecule has 3 rings (SSSR count). The number of ether oxygens (including phenoxy) is 1. The SMILES string of the molecule is O=C1CCC2(CC1)CC(O)=C(CCCc1ccccc1)C(=O)O2. The Bertz CT molecular complexity index is 620. The standard InChI is InChI=1S/C19H22O4/c20-15-9-11-19(12-10-15)13-17(21)16(18(22)23-19)8-4-7-14-5-2-1-3-6-14/h1-3,5-6,21H,4,7-13H2. The lowest BCUT2D eigenvalue weighted by molar-refractivity contribution is -0.164. The summed E-state index contributed by atoms with van der Waals surface area (Å²) in [5.74, 6) is -0.0383. The predicted molar refractivity (Wildman–Crippen MR) is 85.9 cm³/mol. The van der Waals surface area contributed by atoms with Gasteiger partial charge >= 0.3 is 5.97 Å². The van der Waals surface area contributed by atoms with Crippen LogP contribution in [-0.4, -0.2) is 22.5 Å². The summed E-state index contributed by atoms with van der Waals surface area (Å²) in [4.78, 5) is 23.7. The Morgan fingerprint density at radius 2 is 1.74 bits per heavy atom. The number of Topliss-reactive ketones (excluding diaryl/α,β-unsaturated/α-hetero) is 1. The summed E-state index contributed by atoms with van der Waals surface area (Å²) in [6.45, 7) is 0. The second kappa shape index (κ2) is 6.57. The van der Waals surface area contributed by atoms with E-state index in [0.29, 0.717) is 44.1 Å². The molecule has 4 nitrogen and oxygen atoms in total. The molecule has 0 radical (unpaired) electrons. The molecule has 1 fully saturated rings. The zero-order valence-electron chi connectivity index (χ0n) is 13.2. The van der Waals surface area contributed by atoms with Crippen LogP contribution in [0.2, 0.25) is 0 Å². The molecule has 23 heavy (non-hydrogen) atoms. The van der Waals surface area contributed by atoms with Gasteiger partial charge in [-0.15, -0.1) is 0 Å². The van der Waals surface area contributed by atoms with Crippen LogP contribution in [0, 0.1) is 0 Å². The van der Waals surface area contributed by atoms with Crippen LogP contribution in [0.15, 0.2) is 41.7 Å². The van der Waals surface area contributed by atoms with Crippen molar-refractivity contribution in [2.24, 2.45) is 0 Å². The zero-order chi connectivity index (χ0) is 16.3. The Morgan fingerprint density at radius 3 is 2.39 bits per heavy atom. The maximum atomic E-state index is 12.3. The van der Waals surface area contributed by atoms with Gasteiger partial charge in [0.15, 0.2) is 0 Å². The van der Waals surface area contributed by atoms with E-state index in [9.17, 15) is 14.7 Å². The van der Waals surface area contributed by atoms with Crippen LogP contribution in [-0.2, 0) is 20.7 Å². The number of esters is 1. The lowest BCUT2D eigenvalue weighted by atomic mass is 9.79. The Hall–Kier alpha value is -2.10. The summed E-state index contributed by atoms with van der Waals surface area (Å²) >= 11 is 0. The molecule has 0 aromatic heterocycles. The van der Waals surface area contributed by atoms with Crippen molar-refractivity contribution < 1.29 is 19.4 Å². The first-order valence-electron chi connectivity index (χ1n) is 8.28. The highest BCUT2D eigenvalue weighted by Gasteiger charge is 2.43. The number of carbonyl (C=O) groups excluding carboxylic acids is 2. The molecule has 1 saturated carbocycles. The first kappa shape index (κ1) is 15.8. The smallest absolute Gasteiger partial charge is 0.337 e. The van der Waals surface area contributed by atoms with Gasteiger partial charge in [-0.2, -0.15) is 0 Å². The lowest BCUT2D eigenvalue weighted by Gasteiger charge is -2.39. The molecule has 1 N–H and O–H groups in total. The third-order valence-electron chi connectivity index (χ3n) is 4.85. The molecule has 1 aromatic carbocycles. The van der Waals surface area contributed by atoms with E-state index in [1.807, 2.05) is 18.2 Å². The minimum Gasteiger partial charge on any atom is -0.512 e. The molecule has 0 bridgehead atoms. The Labute approximate surface area is 136 Å². The van der Waals surface area contributed by atoms with Crippen LogP contribution >= 0.6 is 0 Å². The molecule has 1 spiro atoms. The molecule has 1 heterocycles. The third-order valence-corrected chi connectivity index (χ3v) is 4.85. The third kappa shape index (κ3) is 3.63. The number of carbonyl (C=O) groups is 2. The van der Waals surface area contributed by atoms with Gasteiger partial charge in [0.2, 0.25) is 0 Å². The van der Waals surface area contributed by atoms with Gasteiger partial charge in [-0.05, 0) is 37.7 Å². The van der Waals surface area contributed by atoms with Gasteiger partial charge in [-0.1, -0.05) is 30.3 Å². The molecule has 2 aliphatic rings. The molecule has 0 atom stereocenters. The van der Waals surface area contributed by atoms with Gasteiger partial charge in [0.1, 0.15) is 17.1 Å². The summed E-state index contributed by atoms with van der Waals surface area (Å²) in [6, 6.07) is 10.1. The molecule has 1 aliphatic heterocycles. The minimum absolute atomic E-state index is 0.156. The monoisotopic (exact) mass is 314 g/mol. The van der Waals surface area contributed by atoms with E-state index < -0.39 is 11.6 Å². The average Bonchev–Trinajstić information content (AvgIpc) is 2.54. The van der Waals surface area contributed by atoms with Crippen molar-refractivity contribution in [3.05, 3.63) is 47.2 Å². The number of aryl methyl sites for hydroxylation is 1. The van der Waals surface area contributed by atoms with E-state index >= 15 is 0 Å². The van der Waals surface area contributed by atoms with Crippen molar-refractivity contribution in [1.82, 2.24) is 0 Å². The largest absolute Gasteiger partial charge is 0.512 e. The molecule has 0 amide bonds. The molecule has 4 heteroatoms. The molecular formula is C19H22O4. The van der Waals surface area contributed by atoms with E-state index in [-0.39, 0.29) is 11.5 Å². The quantitative estimate of drug-likeness (QED) is 0.862. The van der Waals surface area contributed by atoms with Crippen molar-refractivity contribution in [3.8, 4) is 0 Å². The number of ketones is 1. The van der Waals surface area contributed by atoms with Gasteiger partial charge in [-0.3, -0.25) is 4.79 Å². The van der Waals surface area contributed by atoms with Crippen LogP contribution in [0.4, 0.5) is 0 Å². The number of hydrogen-bond donors (Lipinski definition) is 1. The number of hydrogen-bond acceptors (Lipinski definition) is 4. The van der Waals surface area contributed by atoms with Gasteiger partial charge in [0, 0.05) is 19.3 Å². The highest BCUT2D eigenvalue weighted by molar-refractivity contribution is 5.90. The van der Waals surface area contributed by atoms with Gasteiger partial charge < -0.3 is 9.84 Å². The normalized spacial score (nSPS) is 20.7. The van der Waals surface area contributed by atoms with E-state index in [0.717, 1.165) is 12.8 Å². The van der Waals surface area contributed by atoms with Crippen molar-refractivity contribution >= 4 is 11.8 Å². The number of aliphatic hydroxyl groups excluding tert-OH is 1. The highest BCUT2D eigenvalue weighted by atomic mass is 16.6. The number of benzene rings is 1. The van der Waals surface area contributed by atoms with E-state index in [4.69, 9.17) is 4.74 Å². The summed E-state index contributed by atoms with van der Waals surface area (Å²) in [5.41, 5.74) is 0.973. The van der Waals surface area contributed by atoms with Crippen molar-refractivity contribution in [2.45, 2.75) is 57.0 Å². The maximum absolute atomic E-state index is 12.3. The fourth-order valence-electron chi connectivity index (χ4n) is 3.45. The zero-order valence-corrected chi connectivity index (χ0v) is 13.2. The van der Waals surface area contributed by atoms with Gasteiger partial charge in [0.05, 0.1) is 5.57 Å². The molecule has 122 valence electrons. The second-order valence-electron chi connectivity index (χ2n) is 6.55. The molecule has 1 aliphatic carbocycles. The summed E-state index contributed by atoms with van der Waals surface area (Å²) in [5, 5.41) is 10.3. The fourth-order valence-corrected chi connectivity index (χ4v) is 3.45. The van der Waals surface area contributed by atoms with Crippen molar-refractivity contribution in [3.63, 3.8) is 0 Å². The van der Waals surface area contributed by atoms with Crippen LogP contribution in [0.25, 0.3) is 0 Å². The fraction of sp³-hybridized carbons (Fsp3) is 0.474. The van der Waals surface area contributed by atoms with Gasteiger partial charge in [0.25, 0.3) is 0 Å². The van der Waals surface area contributed by atoms with Crippen LogP contribution in [0.5, 0.6) is 0 Å². The minimum atomic E-state index is -0.655. The topological polar surface area (TPSA) is 63.6 Å². The Morgan fingerprint density at radius 1 is 1.04 bits per heavy atom. The first-order valence-corrected chi connectivity index (χ1v) is 8.28. The average molecular weight is 314 g/mol. The maximum Gasteiger partial charge on any atom is 0.337 e.